The highest BCUT2D eigenvalue weighted by molar-refractivity contribution is 6.44. The molecule has 0 unspecified atom stereocenters. The van der Waals surface area contributed by atoms with Crippen LogP contribution in [-0.4, -0.2) is 70.2 Å². The second-order valence-electron chi connectivity index (χ2n) is 7.04. The Morgan fingerprint density at radius 2 is 1.46 bits per heavy atom. The number of carbonyl (C=O) groups excluding carboxylic acids is 6. The van der Waals surface area contributed by atoms with Crippen molar-refractivity contribution >= 4 is 35.1 Å². The summed E-state index contributed by atoms with van der Waals surface area (Å²) in [5.74, 6) is 3.00. The van der Waals surface area contributed by atoms with Gasteiger partial charge in [0.05, 0.1) is 18.8 Å². The number of aryl methyl sites for hydroxylation is 1. The van der Waals surface area contributed by atoms with Crippen LogP contribution in [0.1, 0.15) is 79.4 Å². The Hall–Kier alpha value is -3.29. The van der Waals surface area contributed by atoms with E-state index in [2.05, 4.69) is 26.6 Å². The third kappa shape index (κ3) is 9.47. The number of aromatic amines is 1. The maximum absolute atomic E-state index is 11.6. The van der Waals surface area contributed by atoms with E-state index in [0.717, 1.165) is 18.5 Å². The third-order valence-electron chi connectivity index (χ3n) is 4.65. The molecule has 2 aliphatic rings. The molecular formula is C22H34N4O9. The van der Waals surface area contributed by atoms with Crippen LogP contribution in [0.4, 0.5) is 0 Å². The number of aromatic nitrogens is 2. The molecule has 1 aromatic heterocycles. The summed E-state index contributed by atoms with van der Waals surface area (Å²) in [6.45, 7) is 5.54. The van der Waals surface area contributed by atoms with E-state index in [4.69, 9.17) is 9.84 Å². The standard InChI is InChI=1S/C10H12N2O3.C10H12O5.C2H6O.H4N2/c1-2-15-10(14)9-8-6(11-12-9)4-3-5-7(8)13;1-2-15-10(14)9(13)8-6(11)4-3-5-7(8)12;1-2-3;1-2/h2-5H2,1H3,(H,11,12);8H,2-5H2,1H3;3H,2H2,1H3;1-2H2. The second-order valence-corrected chi connectivity index (χ2v) is 7.04. The molecule has 13 heteroatoms. The Kier molecular flexibility index (Phi) is 15.6. The van der Waals surface area contributed by atoms with Gasteiger partial charge in [0, 0.05) is 31.6 Å². The summed E-state index contributed by atoms with van der Waals surface area (Å²) >= 11 is 0. The molecule has 1 saturated carbocycles. The largest absolute Gasteiger partial charge is 0.461 e. The van der Waals surface area contributed by atoms with Gasteiger partial charge >= 0.3 is 11.9 Å². The zero-order chi connectivity index (χ0) is 27.0. The Balaban J connectivity index is 0.000000559. The van der Waals surface area contributed by atoms with Crippen molar-refractivity contribution in [1.29, 1.82) is 0 Å². The van der Waals surface area contributed by atoms with Crippen LogP contribution in [0.3, 0.4) is 0 Å². The number of ketones is 4. The van der Waals surface area contributed by atoms with Gasteiger partial charge in [-0.2, -0.15) is 5.10 Å². The highest BCUT2D eigenvalue weighted by atomic mass is 16.5. The van der Waals surface area contributed by atoms with Gasteiger partial charge in [-0.3, -0.25) is 36.0 Å². The van der Waals surface area contributed by atoms with E-state index < -0.39 is 35.2 Å². The number of Topliss-reactive ketones (excluding diaryl/α,β-unsaturated/α-hetero) is 4. The van der Waals surface area contributed by atoms with E-state index in [9.17, 15) is 28.8 Å². The highest BCUT2D eigenvalue weighted by Crippen LogP contribution is 2.22. The summed E-state index contributed by atoms with van der Waals surface area (Å²) in [4.78, 5) is 68.1. The van der Waals surface area contributed by atoms with Gasteiger partial charge in [-0.25, -0.2) is 9.59 Å². The monoisotopic (exact) mass is 498 g/mol. The summed E-state index contributed by atoms with van der Waals surface area (Å²) in [7, 11) is 0. The SMILES string of the molecule is CCO.CCOC(=O)C(=O)C1C(=O)CCCC1=O.CCOC(=O)c1n[nH]c2c1C(=O)CCC2.NN. The van der Waals surface area contributed by atoms with Gasteiger partial charge in [-0.15, -0.1) is 0 Å². The zero-order valence-corrected chi connectivity index (χ0v) is 20.3. The van der Waals surface area contributed by atoms with Crippen LogP contribution in [0.2, 0.25) is 0 Å². The van der Waals surface area contributed by atoms with Crippen LogP contribution >= 0.6 is 0 Å². The smallest absolute Gasteiger partial charge is 0.375 e. The topological polar surface area (TPSA) is 222 Å². The molecule has 1 fully saturated rings. The number of hydrazine groups is 1. The third-order valence-corrected chi connectivity index (χ3v) is 4.65. The van der Waals surface area contributed by atoms with Crippen LogP contribution in [0.25, 0.3) is 0 Å². The fraction of sp³-hybridized carbons (Fsp3) is 0.591. The fourth-order valence-corrected chi connectivity index (χ4v) is 3.27. The number of H-pyrrole nitrogens is 1. The molecule has 1 heterocycles. The predicted molar refractivity (Wildman–Crippen MR) is 122 cm³/mol. The van der Waals surface area contributed by atoms with Gasteiger partial charge in [0.2, 0.25) is 0 Å². The first-order valence-corrected chi connectivity index (χ1v) is 11.2. The van der Waals surface area contributed by atoms with Crippen LogP contribution in [0.5, 0.6) is 0 Å². The Morgan fingerprint density at radius 3 is 1.97 bits per heavy atom. The number of hydrogen-bond donors (Lipinski definition) is 4. The maximum Gasteiger partial charge on any atom is 0.375 e. The molecule has 13 nitrogen and oxygen atoms in total. The van der Waals surface area contributed by atoms with Crippen LogP contribution < -0.4 is 11.7 Å². The molecule has 0 atom stereocenters. The van der Waals surface area contributed by atoms with E-state index in [-0.39, 0.29) is 44.1 Å². The highest BCUT2D eigenvalue weighted by Gasteiger charge is 2.39. The lowest BCUT2D eigenvalue weighted by Crippen LogP contribution is -2.39. The first-order chi connectivity index (χ1) is 16.7. The molecule has 1 aromatic rings. The molecular weight excluding hydrogens is 464 g/mol. The normalized spacial score (nSPS) is 14.6. The van der Waals surface area contributed by atoms with Crippen molar-refractivity contribution in [1.82, 2.24) is 10.2 Å². The van der Waals surface area contributed by atoms with E-state index in [1.165, 1.54) is 0 Å². The number of fused-ring (bicyclic) bond motifs is 1. The first-order valence-electron chi connectivity index (χ1n) is 11.2. The summed E-state index contributed by atoms with van der Waals surface area (Å²) < 4.78 is 9.29. The lowest BCUT2D eigenvalue weighted by atomic mass is 9.84. The lowest BCUT2D eigenvalue weighted by Gasteiger charge is -2.16. The summed E-state index contributed by atoms with van der Waals surface area (Å²) in [6, 6.07) is 0. The molecule has 0 radical (unpaired) electrons. The van der Waals surface area contributed by atoms with Crippen molar-refractivity contribution in [3.05, 3.63) is 17.0 Å². The van der Waals surface area contributed by atoms with Gasteiger partial charge in [-0.05, 0) is 40.0 Å². The molecule has 2 aliphatic carbocycles. The van der Waals surface area contributed by atoms with E-state index in [0.29, 0.717) is 18.4 Å². The van der Waals surface area contributed by atoms with Gasteiger partial charge in [0.15, 0.2) is 23.0 Å². The Labute approximate surface area is 202 Å². The molecule has 0 amide bonds. The number of aliphatic hydroxyl groups is 1. The molecule has 0 bridgehead atoms. The molecule has 0 saturated heterocycles. The van der Waals surface area contributed by atoms with Gasteiger partial charge in [-0.1, -0.05) is 0 Å². The summed E-state index contributed by atoms with van der Waals surface area (Å²) in [5, 5.41) is 14.1. The lowest BCUT2D eigenvalue weighted by molar-refractivity contribution is -0.159. The van der Waals surface area contributed by atoms with Crippen molar-refractivity contribution < 1.29 is 43.3 Å². The zero-order valence-electron chi connectivity index (χ0n) is 20.3. The molecule has 0 spiro atoms. The average Bonchev–Trinajstić information content (AvgIpc) is 3.27. The van der Waals surface area contributed by atoms with Crippen molar-refractivity contribution in [2.45, 2.75) is 59.3 Å². The molecule has 3 rings (SSSR count). The van der Waals surface area contributed by atoms with Crippen molar-refractivity contribution in [3.8, 4) is 0 Å². The molecule has 0 aliphatic heterocycles. The molecule has 196 valence electrons. The molecule has 35 heavy (non-hydrogen) atoms. The minimum Gasteiger partial charge on any atom is -0.461 e. The Bertz CT molecular complexity index is 879. The van der Waals surface area contributed by atoms with Crippen LogP contribution in [0, 0.1) is 5.92 Å². The fourth-order valence-electron chi connectivity index (χ4n) is 3.27. The van der Waals surface area contributed by atoms with E-state index in [1.807, 2.05) is 0 Å². The maximum atomic E-state index is 11.6. The van der Waals surface area contributed by atoms with Crippen LogP contribution in [-0.2, 0) is 35.1 Å². The number of carbonyl (C=O) groups is 6. The molecule has 6 N–H and O–H groups in total. The minimum atomic E-state index is -1.40. The number of aliphatic hydroxyl groups excluding tert-OH is 1. The number of nitrogens with zero attached hydrogens (tertiary/aromatic N) is 1. The number of rotatable bonds is 5. The summed E-state index contributed by atoms with van der Waals surface area (Å²) in [6.07, 6.45) is 2.90. The van der Waals surface area contributed by atoms with Gasteiger partial charge in [0.1, 0.15) is 5.92 Å². The Morgan fingerprint density at radius 1 is 0.943 bits per heavy atom. The summed E-state index contributed by atoms with van der Waals surface area (Å²) in [5.41, 5.74) is 1.32. The quantitative estimate of drug-likeness (QED) is 0.138. The number of nitrogens with one attached hydrogen (secondary N) is 1. The minimum absolute atomic E-state index is 0.0203. The molecule has 0 aromatic carbocycles. The van der Waals surface area contributed by atoms with Crippen molar-refractivity contribution in [3.63, 3.8) is 0 Å². The first kappa shape index (κ1) is 31.7. The van der Waals surface area contributed by atoms with E-state index in [1.54, 1.807) is 20.8 Å². The van der Waals surface area contributed by atoms with Gasteiger partial charge < -0.3 is 14.6 Å². The van der Waals surface area contributed by atoms with Gasteiger partial charge in [0.25, 0.3) is 5.78 Å². The number of nitrogens with two attached hydrogens (primary N) is 2. The average molecular weight is 499 g/mol. The number of hydrogen-bond acceptors (Lipinski definition) is 12. The van der Waals surface area contributed by atoms with E-state index >= 15 is 0 Å². The second kappa shape index (κ2) is 17.2. The predicted octanol–water partition coefficient (Wildman–Crippen LogP) is -0.0203. The van der Waals surface area contributed by atoms with Crippen LogP contribution in [0.15, 0.2) is 0 Å². The number of ether oxygens (including phenoxy) is 2. The number of esters is 2. The van der Waals surface area contributed by atoms with Crippen molar-refractivity contribution in [2.24, 2.45) is 17.6 Å². The van der Waals surface area contributed by atoms with Crippen molar-refractivity contribution in [2.75, 3.05) is 19.8 Å².